The summed E-state index contributed by atoms with van der Waals surface area (Å²) in [6, 6.07) is 5.71. The topological polar surface area (TPSA) is 113 Å². The van der Waals surface area contributed by atoms with E-state index in [1.54, 1.807) is 29.1 Å². The van der Waals surface area contributed by atoms with E-state index in [1.807, 2.05) is 30.5 Å². The maximum absolute atomic E-state index is 15.2. The van der Waals surface area contributed by atoms with Gasteiger partial charge in [-0.15, -0.1) is 10.2 Å². The average molecular weight is 625 g/mol. The maximum atomic E-state index is 15.2. The van der Waals surface area contributed by atoms with Crippen molar-refractivity contribution in [3.8, 4) is 22.7 Å². The van der Waals surface area contributed by atoms with E-state index in [0.717, 1.165) is 30.7 Å². The number of morpholine rings is 1. The molecule has 1 aliphatic carbocycles. The van der Waals surface area contributed by atoms with Crippen molar-refractivity contribution in [1.29, 1.82) is 0 Å². The Balaban J connectivity index is 1.15. The summed E-state index contributed by atoms with van der Waals surface area (Å²) in [6.07, 6.45) is 10.4. The van der Waals surface area contributed by atoms with Crippen LogP contribution in [0.2, 0.25) is 0 Å². The van der Waals surface area contributed by atoms with E-state index in [1.165, 1.54) is 30.3 Å². The zero-order chi connectivity index (χ0) is 30.6. The number of hydrogen-bond acceptors (Lipinski definition) is 9. The Kier molecular flexibility index (Phi) is 9.17. The molecular weight excluding hydrogens is 590 g/mol. The van der Waals surface area contributed by atoms with Crippen LogP contribution in [0.3, 0.4) is 0 Å². The van der Waals surface area contributed by atoms with Gasteiger partial charge in [0.15, 0.2) is 22.5 Å². The maximum Gasteiger partial charge on any atom is 0.246 e. The van der Waals surface area contributed by atoms with Gasteiger partial charge in [0.1, 0.15) is 24.7 Å². The molecule has 0 unspecified atom stereocenters. The summed E-state index contributed by atoms with van der Waals surface area (Å²) >= 11 is 1.68. The molecule has 0 radical (unpaired) electrons. The van der Waals surface area contributed by atoms with Crippen molar-refractivity contribution in [2.75, 3.05) is 13.1 Å². The third-order valence-corrected chi connectivity index (χ3v) is 8.95. The van der Waals surface area contributed by atoms with Crippen LogP contribution < -0.4 is 4.74 Å². The Hall–Kier alpha value is -3.91. The number of pyridine rings is 1. The molecule has 2 aliphatic rings. The van der Waals surface area contributed by atoms with Crippen molar-refractivity contribution in [3.05, 3.63) is 60.3 Å². The van der Waals surface area contributed by atoms with Crippen LogP contribution in [-0.2, 0) is 22.7 Å². The van der Waals surface area contributed by atoms with Crippen LogP contribution in [0.1, 0.15) is 51.8 Å². The SMILES string of the molecule is C[C@@H]1CN(C(=O)Cn2ncc(-c3cc(F)c(OCc4nnc(SC5CCCCC5)n4-c4cccnc4)cc3F)n2)C[C@H](C)O1. The molecule has 0 N–H and O–H groups in total. The molecule has 6 rings (SSSR count). The molecule has 1 aliphatic heterocycles. The van der Waals surface area contributed by atoms with Gasteiger partial charge in [-0.1, -0.05) is 31.0 Å². The Labute approximate surface area is 258 Å². The third-order valence-electron chi connectivity index (χ3n) is 7.67. The van der Waals surface area contributed by atoms with Gasteiger partial charge in [-0.25, -0.2) is 8.78 Å². The van der Waals surface area contributed by atoms with Crippen LogP contribution >= 0.6 is 11.8 Å². The highest BCUT2D eigenvalue weighted by Gasteiger charge is 2.27. The molecule has 232 valence electrons. The Morgan fingerprint density at radius 1 is 1.07 bits per heavy atom. The second-order valence-corrected chi connectivity index (χ2v) is 12.5. The molecule has 1 amide bonds. The third kappa shape index (κ3) is 6.91. The van der Waals surface area contributed by atoms with Gasteiger partial charge in [0.05, 0.1) is 30.3 Å². The first kappa shape index (κ1) is 30.1. The van der Waals surface area contributed by atoms with Gasteiger partial charge in [0.2, 0.25) is 5.91 Å². The molecule has 4 aromatic rings. The number of nitrogens with zero attached hydrogens (tertiary/aromatic N) is 8. The average Bonchev–Trinajstić information content (AvgIpc) is 3.64. The first-order chi connectivity index (χ1) is 21.3. The number of amides is 1. The Morgan fingerprint density at radius 2 is 1.86 bits per heavy atom. The Bertz CT molecular complexity index is 1580. The van der Waals surface area contributed by atoms with Crippen LogP contribution in [0, 0.1) is 11.6 Å². The van der Waals surface area contributed by atoms with E-state index in [4.69, 9.17) is 9.47 Å². The van der Waals surface area contributed by atoms with Crippen LogP contribution in [0.15, 0.2) is 48.0 Å². The summed E-state index contributed by atoms with van der Waals surface area (Å²) in [6.45, 7) is 4.50. The van der Waals surface area contributed by atoms with Gasteiger partial charge in [0.25, 0.3) is 0 Å². The molecule has 3 aromatic heterocycles. The number of carbonyl (C=O) groups is 1. The molecule has 11 nitrogen and oxygen atoms in total. The van der Waals surface area contributed by atoms with Crippen molar-refractivity contribution < 1.29 is 23.0 Å². The smallest absolute Gasteiger partial charge is 0.246 e. The van der Waals surface area contributed by atoms with E-state index >= 15 is 8.78 Å². The van der Waals surface area contributed by atoms with E-state index < -0.39 is 11.6 Å². The first-order valence-corrected chi connectivity index (χ1v) is 15.7. The molecule has 0 spiro atoms. The van der Waals surface area contributed by atoms with Crippen molar-refractivity contribution in [3.63, 3.8) is 0 Å². The normalized spacial score (nSPS) is 19.3. The lowest BCUT2D eigenvalue weighted by molar-refractivity contribution is -0.144. The van der Waals surface area contributed by atoms with Crippen molar-refractivity contribution in [2.45, 2.75) is 81.7 Å². The zero-order valence-corrected chi connectivity index (χ0v) is 25.4. The fourth-order valence-corrected chi connectivity index (χ4v) is 6.90. The fourth-order valence-electron chi connectivity index (χ4n) is 5.62. The van der Waals surface area contributed by atoms with Gasteiger partial charge < -0.3 is 14.4 Å². The van der Waals surface area contributed by atoms with Gasteiger partial charge in [0, 0.05) is 36.2 Å². The quantitative estimate of drug-likeness (QED) is 0.258. The Morgan fingerprint density at radius 3 is 2.61 bits per heavy atom. The zero-order valence-electron chi connectivity index (χ0n) is 24.6. The number of rotatable bonds is 9. The van der Waals surface area contributed by atoms with E-state index in [-0.39, 0.29) is 48.3 Å². The van der Waals surface area contributed by atoms with Crippen molar-refractivity contribution in [1.82, 2.24) is 39.6 Å². The van der Waals surface area contributed by atoms with Gasteiger partial charge in [-0.3, -0.25) is 14.3 Å². The number of halogens is 2. The molecule has 2 fully saturated rings. The van der Waals surface area contributed by atoms with Crippen LogP contribution in [0.5, 0.6) is 5.75 Å². The summed E-state index contributed by atoms with van der Waals surface area (Å²) in [5, 5.41) is 18.2. The summed E-state index contributed by atoms with van der Waals surface area (Å²) < 4.78 is 43.7. The fraction of sp³-hybridized carbons (Fsp3) is 0.467. The standard InChI is InChI=1S/C30H34F2N8O3S/c1-19-15-38(16-20(2)43-19)29(41)17-39-34-14-26(37-39)23-11-25(32)27(12-24(23)31)42-18-28-35-36-30(44-22-8-4-3-5-9-22)40(28)21-7-6-10-33-13-21/h6-7,10-14,19-20,22H,3-5,8-9,15-18H2,1-2H3/t19-,20+. The molecular formula is C30H34F2N8O3S. The molecule has 14 heteroatoms. The molecule has 2 atom stereocenters. The molecule has 1 saturated heterocycles. The number of carbonyl (C=O) groups excluding carboxylic acids is 1. The summed E-state index contributed by atoms with van der Waals surface area (Å²) in [5.41, 5.74) is 0.771. The number of hydrogen-bond donors (Lipinski definition) is 0. The number of aromatic nitrogens is 7. The molecule has 4 heterocycles. The highest BCUT2D eigenvalue weighted by molar-refractivity contribution is 7.99. The lowest BCUT2D eigenvalue weighted by Crippen LogP contribution is -2.49. The van der Waals surface area contributed by atoms with Gasteiger partial charge >= 0.3 is 0 Å². The largest absolute Gasteiger partial charge is 0.482 e. The highest BCUT2D eigenvalue weighted by atomic mass is 32.2. The highest BCUT2D eigenvalue weighted by Crippen LogP contribution is 2.34. The lowest BCUT2D eigenvalue weighted by Gasteiger charge is -2.35. The van der Waals surface area contributed by atoms with Crippen LogP contribution in [0.25, 0.3) is 16.9 Å². The van der Waals surface area contributed by atoms with Gasteiger partial charge in [-0.05, 0) is 44.9 Å². The second kappa shape index (κ2) is 13.4. The molecule has 44 heavy (non-hydrogen) atoms. The number of benzene rings is 1. The minimum atomic E-state index is -0.771. The number of ether oxygens (including phenoxy) is 2. The molecule has 0 bridgehead atoms. The van der Waals surface area contributed by atoms with E-state index in [2.05, 4.69) is 25.4 Å². The van der Waals surface area contributed by atoms with E-state index in [9.17, 15) is 4.79 Å². The second-order valence-electron chi connectivity index (χ2n) is 11.2. The monoisotopic (exact) mass is 624 g/mol. The number of thioether (sulfide) groups is 1. The van der Waals surface area contributed by atoms with E-state index in [0.29, 0.717) is 29.3 Å². The molecule has 1 saturated carbocycles. The van der Waals surface area contributed by atoms with Crippen LogP contribution in [0.4, 0.5) is 8.78 Å². The van der Waals surface area contributed by atoms with Crippen LogP contribution in [-0.4, -0.2) is 76.1 Å². The summed E-state index contributed by atoms with van der Waals surface area (Å²) in [7, 11) is 0. The van der Waals surface area contributed by atoms with Gasteiger partial charge in [-0.2, -0.15) is 15.0 Å². The summed E-state index contributed by atoms with van der Waals surface area (Å²) in [5.74, 6) is -1.52. The predicted octanol–water partition coefficient (Wildman–Crippen LogP) is 4.84. The minimum absolute atomic E-state index is 0.0733. The lowest BCUT2D eigenvalue weighted by atomic mass is 10.0. The first-order valence-electron chi connectivity index (χ1n) is 14.8. The minimum Gasteiger partial charge on any atom is -0.482 e. The molecule has 1 aromatic carbocycles. The van der Waals surface area contributed by atoms with Crippen molar-refractivity contribution >= 4 is 17.7 Å². The van der Waals surface area contributed by atoms with Crippen molar-refractivity contribution in [2.24, 2.45) is 0 Å². The summed E-state index contributed by atoms with van der Waals surface area (Å²) in [4.78, 5) is 19.9. The predicted molar refractivity (Wildman–Crippen MR) is 158 cm³/mol.